The minimum atomic E-state index is 0.219. The Morgan fingerprint density at radius 3 is 3.00 bits per heavy atom. The molecule has 0 aliphatic rings. The number of aromatic amines is 1. The Labute approximate surface area is 81.6 Å². The Morgan fingerprint density at radius 2 is 2.43 bits per heavy atom. The molecule has 0 spiro atoms. The van der Waals surface area contributed by atoms with E-state index in [1.165, 1.54) is 0 Å². The van der Waals surface area contributed by atoms with Gasteiger partial charge in [0.2, 0.25) is 5.89 Å². The lowest BCUT2D eigenvalue weighted by Crippen LogP contribution is -1.99. The number of H-pyrrole nitrogens is 1. The summed E-state index contributed by atoms with van der Waals surface area (Å²) in [6.07, 6.45) is 4.31. The highest BCUT2D eigenvalue weighted by atomic mass is 16.5. The number of nitrogens with zero attached hydrogens (tertiary/aromatic N) is 3. The second-order valence-corrected chi connectivity index (χ2v) is 3.36. The molecule has 1 atom stereocenters. The van der Waals surface area contributed by atoms with Gasteiger partial charge in [-0.15, -0.1) is 0 Å². The minimum Gasteiger partial charge on any atom is -0.348 e. The van der Waals surface area contributed by atoms with Crippen LogP contribution in [0.1, 0.15) is 30.3 Å². The number of imidazole rings is 1. The molecule has 74 valence electrons. The molecule has 5 nitrogen and oxygen atoms in total. The molecular weight excluding hydrogens is 180 g/mol. The van der Waals surface area contributed by atoms with Gasteiger partial charge in [0, 0.05) is 24.2 Å². The highest BCUT2D eigenvalue weighted by molar-refractivity contribution is 5.02. The van der Waals surface area contributed by atoms with Crippen molar-refractivity contribution in [2.75, 3.05) is 0 Å². The first-order valence-corrected chi connectivity index (χ1v) is 4.53. The Bertz CT molecular complexity index is 393. The van der Waals surface area contributed by atoms with Crippen LogP contribution in [-0.4, -0.2) is 20.1 Å². The highest BCUT2D eigenvalue weighted by Crippen LogP contribution is 2.16. The standard InChI is InChI=1S/C9H12N4O/c1-6(3-8-4-10-5-11-8)9-12-7(2)13-14-9/h4-6H,3H2,1-2H3,(H,10,11)/t6-/m0/s1. The second kappa shape index (κ2) is 3.61. The van der Waals surface area contributed by atoms with Gasteiger partial charge in [0.1, 0.15) is 0 Å². The molecule has 2 heterocycles. The zero-order valence-corrected chi connectivity index (χ0v) is 8.19. The zero-order valence-electron chi connectivity index (χ0n) is 8.19. The van der Waals surface area contributed by atoms with Crippen molar-refractivity contribution in [1.29, 1.82) is 0 Å². The fourth-order valence-corrected chi connectivity index (χ4v) is 1.33. The van der Waals surface area contributed by atoms with E-state index < -0.39 is 0 Å². The van der Waals surface area contributed by atoms with E-state index in [0.717, 1.165) is 12.1 Å². The summed E-state index contributed by atoms with van der Waals surface area (Å²) in [5.74, 6) is 1.57. The van der Waals surface area contributed by atoms with E-state index in [0.29, 0.717) is 11.7 Å². The lowest BCUT2D eigenvalue weighted by molar-refractivity contribution is 0.355. The van der Waals surface area contributed by atoms with Crippen molar-refractivity contribution in [3.63, 3.8) is 0 Å². The van der Waals surface area contributed by atoms with Crippen molar-refractivity contribution in [3.8, 4) is 0 Å². The summed E-state index contributed by atoms with van der Waals surface area (Å²) in [6, 6.07) is 0. The average molecular weight is 192 g/mol. The molecule has 0 aliphatic heterocycles. The van der Waals surface area contributed by atoms with E-state index in [1.54, 1.807) is 12.5 Å². The molecule has 0 saturated carbocycles. The van der Waals surface area contributed by atoms with Crippen LogP contribution in [0.2, 0.25) is 0 Å². The van der Waals surface area contributed by atoms with E-state index in [-0.39, 0.29) is 5.92 Å². The van der Waals surface area contributed by atoms with Gasteiger partial charge in [0.25, 0.3) is 0 Å². The van der Waals surface area contributed by atoms with Crippen LogP contribution in [0.4, 0.5) is 0 Å². The Hall–Kier alpha value is -1.65. The molecule has 0 unspecified atom stereocenters. The first kappa shape index (κ1) is 8.93. The third kappa shape index (κ3) is 1.81. The molecule has 2 rings (SSSR count). The summed E-state index contributed by atoms with van der Waals surface area (Å²) in [4.78, 5) is 11.2. The Morgan fingerprint density at radius 1 is 1.57 bits per heavy atom. The van der Waals surface area contributed by atoms with Crippen LogP contribution in [0.3, 0.4) is 0 Å². The summed E-state index contributed by atoms with van der Waals surface area (Å²) < 4.78 is 5.08. The highest BCUT2D eigenvalue weighted by Gasteiger charge is 2.13. The molecule has 0 fully saturated rings. The van der Waals surface area contributed by atoms with Crippen LogP contribution in [0.5, 0.6) is 0 Å². The molecule has 2 aromatic heterocycles. The van der Waals surface area contributed by atoms with Crippen molar-refractivity contribution in [3.05, 3.63) is 29.9 Å². The first-order valence-electron chi connectivity index (χ1n) is 4.53. The average Bonchev–Trinajstić information content (AvgIpc) is 2.75. The normalized spacial score (nSPS) is 13.0. The molecule has 0 bridgehead atoms. The van der Waals surface area contributed by atoms with Gasteiger partial charge < -0.3 is 9.51 Å². The fraction of sp³-hybridized carbons (Fsp3) is 0.444. The van der Waals surface area contributed by atoms with E-state index in [1.807, 2.05) is 13.8 Å². The molecule has 1 N–H and O–H groups in total. The number of hydrogen-bond acceptors (Lipinski definition) is 4. The van der Waals surface area contributed by atoms with Gasteiger partial charge >= 0.3 is 0 Å². The minimum absolute atomic E-state index is 0.219. The zero-order chi connectivity index (χ0) is 9.97. The predicted octanol–water partition coefficient (Wildman–Crippen LogP) is 1.45. The van der Waals surface area contributed by atoms with Crippen molar-refractivity contribution < 1.29 is 4.52 Å². The van der Waals surface area contributed by atoms with Crippen molar-refractivity contribution in [1.82, 2.24) is 20.1 Å². The van der Waals surface area contributed by atoms with Crippen LogP contribution in [0, 0.1) is 6.92 Å². The summed E-state index contributed by atoms with van der Waals surface area (Å²) in [5, 5.41) is 3.76. The largest absolute Gasteiger partial charge is 0.348 e. The van der Waals surface area contributed by atoms with E-state index in [2.05, 4.69) is 20.1 Å². The Balaban J connectivity index is 2.06. The van der Waals surface area contributed by atoms with Crippen molar-refractivity contribution in [2.24, 2.45) is 0 Å². The van der Waals surface area contributed by atoms with Crippen LogP contribution < -0.4 is 0 Å². The lowest BCUT2D eigenvalue weighted by atomic mass is 10.1. The van der Waals surface area contributed by atoms with E-state index >= 15 is 0 Å². The molecule has 0 amide bonds. The Kier molecular flexibility index (Phi) is 2.30. The van der Waals surface area contributed by atoms with Gasteiger partial charge in [0.15, 0.2) is 5.82 Å². The molecular formula is C9H12N4O. The maximum absolute atomic E-state index is 5.08. The van der Waals surface area contributed by atoms with E-state index in [9.17, 15) is 0 Å². The molecule has 14 heavy (non-hydrogen) atoms. The van der Waals surface area contributed by atoms with Crippen LogP contribution >= 0.6 is 0 Å². The van der Waals surface area contributed by atoms with Gasteiger partial charge in [-0.3, -0.25) is 0 Å². The third-order valence-electron chi connectivity index (χ3n) is 2.05. The van der Waals surface area contributed by atoms with Gasteiger partial charge in [-0.2, -0.15) is 4.98 Å². The van der Waals surface area contributed by atoms with Crippen LogP contribution in [0.25, 0.3) is 0 Å². The smallest absolute Gasteiger partial charge is 0.229 e. The molecule has 5 heteroatoms. The fourth-order valence-electron chi connectivity index (χ4n) is 1.33. The van der Waals surface area contributed by atoms with Gasteiger partial charge in [0.05, 0.1) is 6.33 Å². The predicted molar refractivity (Wildman–Crippen MR) is 49.7 cm³/mol. The third-order valence-corrected chi connectivity index (χ3v) is 2.05. The number of nitrogens with one attached hydrogen (secondary N) is 1. The van der Waals surface area contributed by atoms with Gasteiger partial charge in [-0.1, -0.05) is 12.1 Å². The van der Waals surface area contributed by atoms with Crippen LogP contribution in [0.15, 0.2) is 17.0 Å². The molecule has 0 saturated heterocycles. The summed E-state index contributed by atoms with van der Waals surface area (Å²) in [7, 11) is 0. The van der Waals surface area contributed by atoms with Gasteiger partial charge in [-0.05, 0) is 6.92 Å². The maximum Gasteiger partial charge on any atom is 0.229 e. The monoisotopic (exact) mass is 192 g/mol. The number of aromatic nitrogens is 4. The maximum atomic E-state index is 5.08. The quantitative estimate of drug-likeness (QED) is 0.799. The number of rotatable bonds is 3. The SMILES string of the molecule is Cc1noc([C@@H](C)Cc2cnc[nH]2)n1. The second-order valence-electron chi connectivity index (χ2n) is 3.36. The molecule has 0 aliphatic carbocycles. The van der Waals surface area contributed by atoms with Gasteiger partial charge in [-0.25, -0.2) is 4.98 Å². The summed E-state index contributed by atoms with van der Waals surface area (Å²) in [5.41, 5.74) is 1.08. The lowest BCUT2D eigenvalue weighted by Gasteiger charge is -2.02. The van der Waals surface area contributed by atoms with E-state index in [4.69, 9.17) is 4.52 Å². The first-order chi connectivity index (χ1) is 6.75. The summed E-state index contributed by atoms with van der Waals surface area (Å²) >= 11 is 0. The van der Waals surface area contributed by atoms with Crippen molar-refractivity contribution >= 4 is 0 Å². The molecule has 2 aromatic rings. The topological polar surface area (TPSA) is 67.6 Å². The summed E-state index contributed by atoms with van der Waals surface area (Å²) in [6.45, 7) is 3.86. The van der Waals surface area contributed by atoms with Crippen molar-refractivity contribution in [2.45, 2.75) is 26.2 Å². The molecule has 0 aromatic carbocycles. The molecule has 0 radical (unpaired) electrons. The number of aryl methyl sites for hydroxylation is 1. The van der Waals surface area contributed by atoms with Crippen LogP contribution in [-0.2, 0) is 6.42 Å². The number of hydrogen-bond donors (Lipinski definition) is 1.